The second-order valence-corrected chi connectivity index (χ2v) is 12.4. The Hall–Kier alpha value is -1.46. The van der Waals surface area contributed by atoms with Gasteiger partial charge in [0.15, 0.2) is 0 Å². The summed E-state index contributed by atoms with van der Waals surface area (Å²) in [6, 6.07) is 21.2. The van der Waals surface area contributed by atoms with Gasteiger partial charge in [0.05, 0.1) is 12.7 Å². The predicted molar refractivity (Wildman–Crippen MR) is 109 cm³/mol. The molecule has 26 heavy (non-hydrogen) atoms. The number of hydrogen-bond donors (Lipinski definition) is 1. The average molecular weight is 371 g/mol. The van der Waals surface area contributed by atoms with Gasteiger partial charge in [-0.3, -0.25) is 0 Å². The van der Waals surface area contributed by atoms with E-state index in [-0.39, 0.29) is 11.1 Å². The molecular weight excluding hydrogens is 340 g/mol. The molecule has 3 nitrogen and oxygen atoms in total. The van der Waals surface area contributed by atoms with Gasteiger partial charge in [-0.1, -0.05) is 81.4 Å². The van der Waals surface area contributed by atoms with Crippen LogP contribution in [-0.4, -0.2) is 38.8 Å². The molecule has 3 rings (SSSR count). The highest BCUT2D eigenvalue weighted by atomic mass is 28.4. The van der Waals surface area contributed by atoms with Crippen molar-refractivity contribution < 1.29 is 14.3 Å². The first-order valence-corrected chi connectivity index (χ1v) is 11.4. The van der Waals surface area contributed by atoms with Crippen LogP contribution in [-0.2, 0) is 9.16 Å². The van der Waals surface area contributed by atoms with Crippen LogP contribution in [0.2, 0.25) is 5.04 Å². The summed E-state index contributed by atoms with van der Waals surface area (Å²) in [5.74, 6) is 0. The lowest BCUT2D eigenvalue weighted by Gasteiger charge is -2.44. The van der Waals surface area contributed by atoms with Crippen LogP contribution in [0.5, 0.6) is 0 Å². The molecule has 0 saturated carbocycles. The van der Waals surface area contributed by atoms with Crippen molar-refractivity contribution in [2.45, 2.75) is 50.9 Å². The molecule has 1 heterocycles. The lowest BCUT2D eigenvalue weighted by molar-refractivity contribution is -0.0914. The van der Waals surface area contributed by atoms with E-state index in [1.165, 1.54) is 10.4 Å². The maximum atomic E-state index is 10.3. The molecule has 0 amide bonds. The van der Waals surface area contributed by atoms with Gasteiger partial charge < -0.3 is 14.3 Å². The van der Waals surface area contributed by atoms with Crippen molar-refractivity contribution in [3.05, 3.63) is 60.7 Å². The number of hydrogen-bond acceptors (Lipinski definition) is 3. The highest BCUT2D eigenvalue weighted by Crippen LogP contribution is 2.37. The fourth-order valence-electron chi connectivity index (χ4n) is 3.95. The molecule has 2 atom stereocenters. The zero-order valence-electron chi connectivity index (χ0n) is 16.0. The third-order valence-corrected chi connectivity index (χ3v) is 10.3. The smallest absolute Gasteiger partial charge is 0.261 e. The summed E-state index contributed by atoms with van der Waals surface area (Å²) >= 11 is 0. The average Bonchev–Trinajstić information content (AvgIpc) is 2.64. The molecule has 1 fully saturated rings. The Balaban J connectivity index is 2.02. The third-order valence-electron chi connectivity index (χ3n) is 5.29. The number of benzene rings is 2. The Labute approximate surface area is 158 Å². The second-order valence-electron chi connectivity index (χ2n) is 8.09. The van der Waals surface area contributed by atoms with Gasteiger partial charge in [-0.05, 0) is 28.3 Å². The molecule has 2 aromatic rings. The highest BCUT2D eigenvalue weighted by Gasteiger charge is 2.50. The number of rotatable bonds is 5. The lowest BCUT2D eigenvalue weighted by Crippen LogP contribution is -2.67. The van der Waals surface area contributed by atoms with E-state index in [9.17, 15) is 5.11 Å². The second kappa shape index (κ2) is 8.05. The molecule has 0 bridgehead atoms. The van der Waals surface area contributed by atoms with Crippen molar-refractivity contribution in [2.75, 3.05) is 13.2 Å². The Morgan fingerprint density at radius 2 is 1.54 bits per heavy atom. The van der Waals surface area contributed by atoms with Crippen molar-refractivity contribution >= 4 is 18.7 Å². The number of ether oxygens (including phenoxy) is 1. The summed E-state index contributed by atoms with van der Waals surface area (Å²) in [5, 5.41) is 12.8. The van der Waals surface area contributed by atoms with E-state index in [2.05, 4.69) is 69.3 Å². The van der Waals surface area contributed by atoms with Crippen LogP contribution < -0.4 is 10.4 Å². The van der Waals surface area contributed by atoms with Gasteiger partial charge in [0.25, 0.3) is 8.32 Å². The first-order chi connectivity index (χ1) is 12.4. The molecule has 0 aromatic heterocycles. The maximum Gasteiger partial charge on any atom is 0.261 e. The van der Waals surface area contributed by atoms with E-state index in [1.54, 1.807) is 0 Å². The Morgan fingerprint density at radius 1 is 1.00 bits per heavy atom. The van der Waals surface area contributed by atoms with Crippen LogP contribution in [0.4, 0.5) is 0 Å². The van der Waals surface area contributed by atoms with E-state index in [1.807, 2.05) is 12.1 Å². The third kappa shape index (κ3) is 3.79. The van der Waals surface area contributed by atoms with Crippen molar-refractivity contribution in [1.29, 1.82) is 0 Å². The van der Waals surface area contributed by atoms with Crippen molar-refractivity contribution in [2.24, 2.45) is 0 Å². The summed E-state index contributed by atoms with van der Waals surface area (Å²) in [6.07, 6.45) is 1.01. The Morgan fingerprint density at radius 3 is 2.00 bits per heavy atom. The molecule has 2 aromatic carbocycles. The molecule has 0 aliphatic carbocycles. The molecule has 1 saturated heterocycles. The SMILES string of the molecule is CC(C)(C)[Si](OCC1OCCCC1O)(c1ccccc1)c1ccccc1. The minimum atomic E-state index is -2.55. The monoisotopic (exact) mass is 370 g/mol. The van der Waals surface area contributed by atoms with Gasteiger partial charge in [-0.25, -0.2) is 0 Å². The van der Waals surface area contributed by atoms with Crippen LogP contribution in [0.15, 0.2) is 60.7 Å². The minimum absolute atomic E-state index is 0.0602. The van der Waals surface area contributed by atoms with Crippen molar-refractivity contribution in [1.82, 2.24) is 0 Å². The standard InChI is InChI=1S/C22H30O3Si/c1-22(2,3)26(18-11-6-4-7-12-18,19-13-8-5-9-14-19)25-17-21-20(23)15-10-16-24-21/h4-9,11-14,20-21,23H,10,15-17H2,1-3H3. The zero-order chi connectivity index (χ0) is 18.6. The maximum absolute atomic E-state index is 10.3. The molecule has 1 aliphatic rings. The fraction of sp³-hybridized carbons (Fsp3) is 0.455. The van der Waals surface area contributed by atoms with Gasteiger partial charge in [0.2, 0.25) is 0 Å². The predicted octanol–water partition coefficient (Wildman–Crippen LogP) is 3.10. The van der Waals surface area contributed by atoms with Crippen molar-refractivity contribution in [3.63, 3.8) is 0 Å². The van der Waals surface area contributed by atoms with E-state index in [4.69, 9.17) is 9.16 Å². The molecule has 140 valence electrons. The van der Waals surface area contributed by atoms with E-state index in [0.29, 0.717) is 13.2 Å². The largest absolute Gasteiger partial charge is 0.405 e. The fourth-order valence-corrected chi connectivity index (χ4v) is 8.52. The summed E-state index contributed by atoms with van der Waals surface area (Å²) in [5.41, 5.74) is 0. The minimum Gasteiger partial charge on any atom is -0.405 e. The van der Waals surface area contributed by atoms with E-state index < -0.39 is 14.4 Å². The summed E-state index contributed by atoms with van der Waals surface area (Å²) in [4.78, 5) is 0. The summed E-state index contributed by atoms with van der Waals surface area (Å²) in [7, 11) is -2.55. The highest BCUT2D eigenvalue weighted by molar-refractivity contribution is 6.99. The normalized spacial score (nSPS) is 21.5. The molecule has 2 unspecified atom stereocenters. The summed E-state index contributed by atoms with van der Waals surface area (Å²) in [6.45, 7) is 7.91. The van der Waals surface area contributed by atoms with Crippen LogP contribution in [0.3, 0.4) is 0 Å². The lowest BCUT2D eigenvalue weighted by atomic mass is 10.1. The number of aliphatic hydroxyl groups excluding tert-OH is 1. The van der Waals surface area contributed by atoms with E-state index >= 15 is 0 Å². The van der Waals surface area contributed by atoms with Crippen LogP contribution >= 0.6 is 0 Å². The molecule has 1 N–H and O–H groups in total. The molecular formula is C22H30O3Si. The van der Waals surface area contributed by atoms with Gasteiger partial charge in [0.1, 0.15) is 6.10 Å². The first-order valence-electron chi connectivity index (χ1n) is 9.50. The quantitative estimate of drug-likeness (QED) is 0.822. The van der Waals surface area contributed by atoms with Crippen LogP contribution in [0.1, 0.15) is 33.6 Å². The van der Waals surface area contributed by atoms with Crippen LogP contribution in [0, 0.1) is 0 Å². The number of aliphatic hydroxyl groups is 1. The van der Waals surface area contributed by atoms with Gasteiger partial charge in [-0.15, -0.1) is 0 Å². The topological polar surface area (TPSA) is 38.7 Å². The Kier molecular flexibility index (Phi) is 5.98. The van der Waals surface area contributed by atoms with Crippen molar-refractivity contribution in [3.8, 4) is 0 Å². The van der Waals surface area contributed by atoms with E-state index in [0.717, 1.165) is 12.8 Å². The van der Waals surface area contributed by atoms with Gasteiger partial charge in [-0.2, -0.15) is 0 Å². The molecule has 4 heteroatoms. The molecule has 1 aliphatic heterocycles. The van der Waals surface area contributed by atoms with Gasteiger partial charge >= 0.3 is 0 Å². The Bertz CT molecular complexity index is 642. The summed E-state index contributed by atoms with van der Waals surface area (Å²) < 4.78 is 12.6. The van der Waals surface area contributed by atoms with Crippen LogP contribution in [0.25, 0.3) is 0 Å². The molecule has 0 radical (unpaired) electrons. The first kappa shape index (κ1) is 19.3. The van der Waals surface area contributed by atoms with Gasteiger partial charge in [0, 0.05) is 6.61 Å². The molecule has 0 spiro atoms. The zero-order valence-corrected chi connectivity index (χ0v) is 17.0.